The van der Waals surface area contributed by atoms with Gasteiger partial charge in [-0.25, -0.2) is 4.98 Å². The molecule has 0 unspecified atom stereocenters. The molecule has 0 spiro atoms. The van der Waals surface area contributed by atoms with Gasteiger partial charge in [0.25, 0.3) is 5.56 Å². The number of aromatic nitrogens is 2. The van der Waals surface area contributed by atoms with Crippen LogP contribution in [-0.2, 0) is 17.8 Å². The first-order valence-corrected chi connectivity index (χ1v) is 6.90. The van der Waals surface area contributed by atoms with E-state index in [4.69, 9.17) is 0 Å². The van der Waals surface area contributed by atoms with E-state index in [1.807, 2.05) is 5.38 Å². The van der Waals surface area contributed by atoms with Gasteiger partial charge in [-0.15, -0.1) is 11.3 Å². The normalized spacial score (nSPS) is 10.3. The summed E-state index contributed by atoms with van der Waals surface area (Å²) in [7, 11) is 0. The molecule has 94 valence electrons. The van der Waals surface area contributed by atoms with Gasteiger partial charge in [0.15, 0.2) is 0 Å². The van der Waals surface area contributed by atoms with E-state index in [1.54, 1.807) is 11.6 Å². The van der Waals surface area contributed by atoms with Crippen molar-refractivity contribution in [3.63, 3.8) is 0 Å². The van der Waals surface area contributed by atoms with Gasteiger partial charge in [0.1, 0.15) is 0 Å². The van der Waals surface area contributed by atoms with Crippen molar-refractivity contribution in [1.29, 1.82) is 0 Å². The highest BCUT2D eigenvalue weighted by Gasteiger charge is 2.09. The average Bonchev–Trinajstić information content (AvgIpc) is 2.86. The molecule has 0 aliphatic carbocycles. The van der Waals surface area contributed by atoms with Gasteiger partial charge in [-0.1, -0.05) is 0 Å². The topological polar surface area (TPSA) is 74.8 Å². The zero-order chi connectivity index (χ0) is 13.0. The van der Waals surface area contributed by atoms with E-state index in [-0.39, 0.29) is 17.9 Å². The van der Waals surface area contributed by atoms with Crippen LogP contribution < -0.4 is 10.9 Å². The van der Waals surface area contributed by atoms with E-state index in [2.05, 4.69) is 31.2 Å². The lowest BCUT2D eigenvalue weighted by molar-refractivity contribution is -0.120. The summed E-state index contributed by atoms with van der Waals surface area (Å²) in [6.07, 6.45) is 1.69. The minimum absolute atomic E-state index is 0.144. The number of amides is 1. The summed E-state index contributed by atoms with van der Waals surface area (Å²) in [6.45, 7) is 0.406. The van der Waals surface area contributed by atoms with Crippen LogP contribution in [0.2, 0.25) is 0 Å². The first-order valence-electron chi connectivity index (χ1n) is 5.16. The minimum Gasteiger partial charge on any atom is -0.350 e. The molecule has 5 nitrogen and oxygen atoms in total. The predicted molar refractivity (Wildman–Crippen MR) is 72.4 cm³/mol. The van der Waals surface area contributed by atoms with E-state index in [1.165, 1.54) is 17.5 Å². The maximum Gasteiger partial charge on any atom is 0.262 e. The highest BCUT2D eigenvalue weighted by Crippen LogP contribution is 2.10. The van der Waals surface area contributed by atoms with Crippen molar-refractivity contribution in [2.24, 2.45) is 0 Å². The molecule has 2 aromatic heterocycles. The maximum atomic E-state index is 11.7. The lowest BCUT2D eigenvalue weighted by atomic mass is 10.2. The molecule has 0 saturated heterocycles. The number of H-pyrrole nitrogens is 1. The lowest BCUT2D eigenvalue weighted by Gasteiger charge is -2.04. The van der Waals surface area contributed by atoms with Crippen LogP contribution in [0.5, 0.6) is 0 Å². The van der Waals surface area contributed by atoms with E-state index in [0.29, 0.717) is 16.6 Å². The van der Waals surface area contributed by atoms with E-state index in [0.717, 1.165) is 5.69 Å². The fourth-order valence-electron chi connectivity index (χ4n) is 1.39. The largest absolute Gasteiger partial charge is 0.350 e. The Balaban J connectivity index is 1.95. The summed E-state index contributed by atoms with van der Waals surface area (Å²) in [6, 6.07) is 1.70. The first-order chi connectivity index (χ1) is 8.66. The Bertz CT molecular complexity index is 595. The zero-order valence-electron chi connectivity index (χ0n) is 9.27. The number of halogens is 1. The van der Waals surface area contributed by atoms with Gasteiger partial charge >= 0.3 is 0 Å². The smallest absolute Gasteiger partial charge is 0.262 e. The second kappa shape index (κ2) is 5.92. The van der Waals surface area contributed by atoms with Gasteiger partial charge in [0, 0.05) is 11.6 Å². The van der Waals surface area contributed by atoms with E-state index in [9.17, 15) is 9.59 Å². The van der Waals surface area contributed by atoms with Crippen LogP contribution in [0.15, 0.2) is 32.4 Å². The summed E-state index contributed by atoms with van der Waals surface area (Å²) in [5.74, 6) is -0.144. The SMILES string of the molecule is O=C(Cc1cc[nH]c(=O)c1Br)NCc1cscn1. The fraction of sp³-hybridized carbons (Fsp3) is 0.182. The number of nitrogens with one attached hydrogen (secondary N) is 2. The third-order valence-corrected chi connectivity index (χ3v) is 3.79. The third kappa shape index (κ3) is 3.27. The van der Waals surface area contributed by atoms with Gasteiger partial charge < -0.3 is 10.3 Å². The number of carbonyl (C=O) groups excluding carboxylic acids is 1. The van der Waals surface area contributed by atoms with Crippen LogP contribution in [0.4, 0.5) is 0 Å². The number of hydrogen-bond donors (Lipinski definition) is 2. The second-order valence-electron chi connectivity index (χ2n) is 3.58. The molecule has 0 bridgehead atoms. The molecule has 0 radical (unpaired) electrons. The maximum absolute atomic E-state index is 11.7. The molecule has 18 heavy (non-hydrogen) atoms. The molecule has 2 rings (SSSR count). The number of carbonyl (C=O) groups is 1. The summed E-state index contributed by atoms with van der Waals surface area (Å²) >= 11 is 4.65. The van der Waals surface area contributed by atoms with E-state index < -0.39 is 0 Å². The van der Waals surface area contributed by atoms with Crippen LogP contribution in [0.3, 0.4) is 0 Å². The molecule has 7 heteroatoms. The number of hydrogen-bond acceptors (Lipinski definition) is 4. The van der Waals surface area contributed by atoms with Crippen LogP contribution >= 0.6 is 27.3 Å². The Labute approximate surface area is 115 Å². The number of pyridine rings is 1. The molecular formula is C11H10BrN3O2S. The van der Waals surface area contributed by atoms with Gasteiger partial charge in [-0.2, -0.15) is 0 Å². The Morgan fingerprint density at radius 3 is 3.11 bits per heavy atom. The molecule has 2 aromatic rings. The highest BCUT2D eigenvalue weighted by atomic mass is 79.9. The van der Waals surface area contributed by atoms with Gasteiger partial charge in [-0.05, 0) is 27.6 Å². The Kier molecular flexibility index (Phi) is 4.27. The van der Waals surface area contributed by atoms with Crippen LogP contribution in [-0.4, -0.2) is 15.9 Å². The molecule has 0 atom stereocenters. The van der Waals surface area contributed by atoms with Gasteiger partial charge in [0.05, 0.1) is 28.6 Å². The number of thiazole rings is 1. The third-order valence-electron chi connectivity index (χ3n) is 2.28. The molecule has 0 aliphatic rings. The monoisotopic (exact) mass is 327 g/mol. The van der Waals surface area contributed by atoms with Crippen LogP contribution in [0.25, 0.3) is 0 Å². The second-order valence-corrected chi connectivity index (χ2v) is 5.09. The Morgan fingerprint density at radius 1 is 1.56 bits per heavy atom. The Hall–Kier alpha value is -1.47. The van der Waals surface area contributed by atoms with Crippen LogP contribution in [0, 0.1) is 0 Å². The van der Waals surface area contributed by atoms with Crippen molar-refractivity contribution in [3.8, 4) is 0 Å². The number of rotatable bonds is 4. The van der Waals surface area contributed by atoms with Crippen molar-refractivity contribution >= 4 is 33.2 Å². The summed E-state index contributed by atoms with van der Waals surface area (Å²) < 4.78 is 0.397. The molecule has 0 aliphatic heterocycles. The van der Waals surface area contributed by atoms with Crippen molar-refractivity contribution in [3.05, 3.63) is 49.2 Å². The van der Waals surface area contributed by atoms with Gasteiger partial charge in [-0.3, -0.25) is 9.59 Å². The predicted octanol–water partition coefficient (Wildman–Crippen LogP) is 1.45. The zero-order valence-corrected chi connectivity index (χ0v) is 11.7. The molecular weight excluding hydrogens is 318 g/mol. The molecule has 2 N–H and O–H groups in total. The average molecular weight is 328 g/mol. The standard InChI is InChI=1S/C11H10BrN3O2S/c12-10-7(1-2-13-11(10)17)3-9(16)14-4-8-5-18-6-15-8/h1-2,5-6H,3-4H2,(H,13,17)(H,14,16). The summed E-state index contributed by atoms with van der Waals surface area (Å²) in [4.78, 5) is 29.6. The quantitative estimate of drug-likeness (QED) is 0.892. The minimum atomic E-state index is -0.236. The summed E-state index contributed by atoms with van der Waals surface area (Å²) in [5, 5.41) is 4.63. The number of aromatic amines is 1. The lowest BCUT2D eigenvalue weighted by Crippen LogP contribution is -2.25. The van der Waals surface area contributed by atoms with Crippen molar-refractivity contribution in [2.45, 2.75) is 13.0 Å². The molecule has 1 amide bonds. The highest BCUT2D eigenvalue weighted by molar-refractivity contribution is 9.10. The van der Waals surface area contributed by atoms with Crippen LogP contribution in [0.1, 0.15) is 11.3 Å². The van der Waals surface area contributed by atoms with Crippen molar-refractivity contribution in [2.75, 3.05) is 0 Å². The molecule has 0 saturated carbocycles. The summed E-state index contributed by atoms with van der Waals surface area (Å²) in [5.41, 5.74) is 2.97. The van der Waals surface area contributed by atoms with Gasteiger partial charge in [0.2, 0.25) is 5.91 Å². The molecule has 0 aromatic carbocycles. The number of nitrogens with zero attached hydrogens (tertiary/aromatic N) is 1. The molecule has 0 fully saturated rings. The van der Waals surface area contributed by atoms with Crippen molar-refractivity contribution in [1.82, 2.24) is 15.3 Å². The van der Waals surface area contributed by atoms with Crippen molar-refractivity contribution < 1.29 is 4.79 Å². The fourth-order valence-corrected chi connectivity index (χ4v) is 2.33. The van der Waals surface area contributed by atoms with E-state index >= 15 is 0 Å². The Morgan fingerprint density at radius 2 is 2.39 bits per heavy atom. The first kappa shape index (κ1) is 13.0. The molecule has 2 heterocycles.